The Morgan fingerprint density at radius 1 is 1.58 bits per heavy atom. The fourth-order valence-corrected chi connectivity index (χ4v) is 1.60. The van der Waals surface area contributed by atoms with Gasteiger partial charge in [-0.05, 0) is 25.8 Å². The van der Waals surface area contributed by atoms with E-state index in [-0.39, 0.29) is 0 Å². The molecule has 0 aromatic carbocycles. The molecule has 1 aliphatic rings. The zero-order valence-electron chi connectivity index (χ0n) is 7.71. The van der Waals surface area contributed by atoms with Crippen LogP contribution >= 0.6 is 0 Å². The highest BCUT2D eigenvalue weighted by Gasteiger charge is 2.20. The Kier molecular flexibility index (Phi) is 4.13. The predicted octanol–water partition coefficient (Wildman–Crippen LogP) is 0.714. The summed E-state index contributed by atoms with van der Waals surface area (Å²) in [5.41, 5.74) is 0. The molecule has 0 spiro atoms. The van der Waals surface area contributed by atoms with Gasteiger partial charge in [-0.2, -0.15) is 0 Å². The molecule has 1 rings (SSSR count). The molecule has 1 saturated heterocycles. The molecule has 2 nitrogen and oxygen atoms in total. The van der Waals surface area contributed by atoms with Crippen molar-refractivity contribution in [2.45, 2.75) is 19.8 Å². The highest BCUT2D eigenvalue weighted by Crippen LogP contribution is 2.14. The Bertz CT molecular complexity index is 180. The fraction of sp³-hybridized carbons (Fsp3) is 0.800. The average molecular weight is 167 g/mol. The van der Waals surface area contributed by atoms with Crippen LogP contribution in [0.15, 0.2) is 0 Å². The molecular weight excluding hydrogens is 150 g/mol. The van der Waals surface area contributed by atoms with E-state index in [0.717, 1.165) is 32.5 Å². The van der Waals surface area contributed by atoms with Crippen LogP contribution in [0.4, 0.5) is 0 Å². The molecule has 0 amide bonds. The molecule has 0 bridgehead atoms. The van der Waals surface area contributed by atoms with Crippen molar-refractivity contribution >= 4 is 0 Å². The first-order valence-electron chi connectivity index (χ1n) is 4.59. The molecule has 1 N–H and O–H groups in total. The summed E-state index contributed by atoms with van der Waals surface area (Å²) in [4.78, 5) is 2.38. The number of hydrogen-bond donors (Lipinski definition) is 1. The number of hydrogen-bond acceptors (Lipinski definition) is 2. The minimum absolute atomic E-state index is 0.343. The van der Waals surface area contributed by atoms with Crippen molar-refractivity contribution in [3.63, 3.8) is 0 Å². The van der Waals surface area contributed by atoms with Crippen LogP contribution < -0.4 is 0 Å². The summed E-state index contributed by atoms with van der Waals surface area (Å²) in [5.74, 6) is 6.46. The molecule has 1 fully saturated rings. The average Bonchev–Trinajstić information content (AvgIpc) is 2.53. The topological polar surface area (TPSA) is 23.5 Å². The van der Waals surface area contributed by atoms with Crippen LogP contribution in [0, 0.1) is 17.8 Å². The lowest BCUT2D eigenvalue weighted by Crippen LogP contribution is -2.22. The second-order valence-corrected chi connectivity index (χ2v) is 3.31. The van der Waals surface area contributed by atoms with E-state index in [1.54, 1.807) is 0 Å². The summed E-state index contributed by atoms with van der Waals surface area (Å²) in [7, 11) is 0. The first-order chi connectivity index (χ1) is 5.86. The van der Waals surface area contributed by atoms with Crippen LogP contribution in [0.5, 0.6) is 0 Å². The number of rotatable bonds is 3. The summed E-state index contributed by atoms with van der Waals surface area (Å²) < 4.78 is 0. The maximum Gasteiger partial charge on any atom is 0.0471 e. The minimum Gasteiger partial charge on any atom is -0.396 e. The normalized spacial score (nSPS) is 23.7. The van der Waals surface area contributed by atoms with Crippen molar-refractivity contribution in [3.8, 4) is 11.8 Å². The van der Waals surface area contributed by atoms with Crippen molar-refractivity contribution in [1.29, 1.82) is 0 Å². The monoisotopic (exact) mass is 167 g/mol. The Hall–Kier alpha value is -0.520. The smallest absolute Gasteiger partial charge is 0.0471 e. The van der Waals surface area contributed by atoms with E-state index in [2.05, 4.69) is 16.7 Å². The van der Waals surface area contributed by atoms with E-state index in [1.807, 2.05) is 6.92 Å². The Labute approximate surface area is 74.6 Å². The lowest BCUT2D eigenvalue weighted by Gasteiger charge is -2.12. The lowest BCUT2D eigenvalue weighted by molar-refractivity contribution is 0.222. The molecule has 1 aliphatic heterocycles. The zero-order valence-corrected chi connectivity index (χ0v) is 7.71. The molecule has 68 valence electrons. The van der Waals surface area contributed by atoms with Gasteiger partial charge in [0.15, 0.2) is 0 Å². The number of aliphatic hydroxyl groups excluding tert-OH is 1. The van der Waals surface area contributed by atoms with Gasteiger partial charge in [0, 0.05) is 26.1 Å². The van der Waals surface area contributed by atoms with Gasteiger partial charge in [0.25, 0.3) is 0 Å². The summed E-state index contributed by atoms with van der Waals surface area (Å²) in [6.45, 7) is 5.48. The van der Waals surface area contributed by atoms with Crippen molar-refractivity contribution < 1.29 is 5.11 Å². The molecule has 2 heteroatoms. The maximum absolute atomic E-state index is 8.90. The van der Waals surface area contributed by atoms with Crippen LogP contribution in [0.3, 0.4) is 0 Å². The molecule has 0 aromatic heterocycles. The van der Waals surface area contributed by atoms with Crippen molar-refractivity contribution in [2.24, 2.45) is 5.92 Å². The van der Waals surface area contributed by atoms with Gasteiger partial charge in [-0.15, -0.1) is 11.8 Å². The maximum atomic E-state index is 8.90. The molecule has 12 heavy (non-hydrogen) atoms. The van der Waals surface area contributed by atoms with Gasteiger partial charge in [-0.1, -0.05) is 0 Å². The molecule has 1 unspecified atom stereocenters. The standard InChI is InChI=1S/C10H17NO/c1-2-3-4-6-11-7-5-10(8-11)9-12/h10,12H,4-9H2,1H3. The van der Waals surface area contributed by atoms with E-state index < -0.39 is 0 Å². The summed E-state index contributed by atoms with van der Waals surface area (Å²) in [5, 5.41) is 8.90. The second kappa shape index (κ2) is 5.18. The van der Waals surface area contributed by atoms with Gasteiger partial charge >= 0.3 is 0 Å². The van der Waals surface area contributed by atoms with Gasteiger partial charge < -0.3 is 10.0 Å². The van der Waals surface area contributed by atoms with E-state index >= 15 is 0 Å². The van der Waals surface area contributed by atoms with Gasteiger partial charge in [0.2, 0.25) is 0 Å². The minimum atomic E-state index is 0.343. The number of aliphatic hydroxyl groups is 1. The molecule has 1 atom stereocenters. The fourth-order valence-electron chi connectivity index (χ4n) is 1.60. The highest BCUT2D eigenvalue weighted by atomic mass is 16.3. The SMILES string of the molecule is CC#CCCN1CCC(CO)C1. The molecule has 0 aromatic rings. The first-order valence-corrected chi connectivity index (χ1v) is 4.59. The van der Waals surface area contributed by atoms with Crippen LogP contribution in [-0.4, -0.2) is 36.2 Å². The van der Waals surface area contributed by atoms with Gasteiger partial charge in [-0.25, -0.2) is 0 Å². The third kappa shape index (κ3) is 2.84. The summed E-state index contributed by atoms with van der Waals surface area (Å²) >= 11 is 0. The van der Waals surface area contributed by atoms with E-state index in [4.69, 9.17) is 5.11 Å². The third-order valence-corrected chi connectivity index (χ3v) is 2.36. The predicted molar refractivity (Wildman–Crippen MR) is 49.7 cm³/mol. The molecular formula is C10H17NO. The van der Waals surface area contributed by atoms with Crippen molar-refractivity contribution in [2.75, 3.05) is 26.2 Å². The largest absolute Gasteiger partial charge is 0.396 e. The first kappa shape index (κ1) is 9.57. The third-order valence-electron chi connectivity index (χ3n) is 2.36. The lowest BCUT2D eigenvalue weighted by atomic mass is 10.1. The summed E-state index contributed by atoms with van der Waals surface area (Å²) in [6.07, 6.45) is 2.12. The number of nitrogens with zero attached hydrogens (tertiary/aromatic N) is 1. The van der Waals surface area contributed by atoms with Crippen LogP contribution in [0.25, 0.3) is 0 Å². The van der Waals surface area contributed by atoms with Gasteiger partial charge in [0.1, 0.15) is 0 Å². The van der Waals surface area contributed by atoms with Crippen LogP contribution in [-0.2, 0) is 0 Å². The van der Waals surface area contributed by atoms with Gasteiger partial charge in [-0.3, -0.25) is 0 Å². The van der Waals surface area contributed by atoms with Crippen molar-refractivity contribution in [1.82, 2.24) is 4.90 Å². The highest BCUT2D eigenvalue weighted by molar-refractivity contribution is 4.95. The van der Waals surface area contributed by atoms with Crippen LogP contribution in [0.1, 0.15) is 19.8 Å². The molecule has 1 heterocycles. The Morgan fingerprint density at radius 3 is 3.00 bits per heavy atom. The van der Waals surface area contributed by atoms with E-state index in [1.165, 1.54) is 0 Å². The quantitative estimate of drug-likeness (QED) is 0.626. The zero-order chi connectivity index (χ0) is 8.81. The molecule has 0 saturated carbocycles. The van der Waals surface area contributed by atoms with Gasteiger partial charge in [0.05, 0.1) is 0 Å². The van der Waals surface area contributed by atoms with E-state index in [9.17, 15) is 0 Å². The molecule has 0 radical (unpaired) electrons. The number of likely N-dealkylation sites (tertiary alicyclic amines) is 1. The Balaban J connectivity index is 2.13. The second-order valence-electron chi connectivity index (χ2n) is 3.31. The van der Waals surface area contributed by atoms with Crippen LogP contribution in [0.2, 0.25) is 0 Å². The molecule has 0 aliphatic carbocycles. The Morgan fingerprint density at radius 2 is 2.42 bits per heavy atom. The summed E-state index contributed by atoms with van der Waals surface area (Å²) in [6, 6.07) is 0. The van der Waals surface area contributed by atoms with Crippen molar-refractivity contribution in [3.05, 3.63) is 0 Å². The van der Waals surface area contributed by atoms with E-state index in [0.29, 0.717) is 12.5 Å².